The van der Waals surface area contributed by atoms with E-state index >= 15 is 0 Å². The van der Waals surface area contributed by atoms with Crippen molar-refractivity contribution in [2.24, 2.45) is 0 Å². The van der Waals surface area contributed by atoms with Crippen LogP contribution >= 0.6 is 11.3 Å². The van der Waals surface area contributed by atoms with E-state index in [1.165, 1.54) is 12.1 Å². The zero-order valence-electron chi connectivity index (χ0n) is 10.8. The van der Waals surface area contributed by atoms with E-state index in [-0.39, 0.29) is 5.69 Å². The standard InChI is InChI=1S/C13H15N3O2S/c1-9(2)14-7-11-8-19-13(15-11)10-3-5-12(6-4-10)16(17)18/h3-6,8-9,14H,7H2,1-2H3. The van der Waals surface area contributed by atoms with E-state index in [1.807, 2.05) is 5.38 Å². The van der Waals surface area contributed by atoms with Gasteiger partial charge in [0.2, 0.25) is 0 Å². The first-order valence-corrected chi connectivity index (χ1v) is 6.87. The lowest BCUT2D eigenvalue weighted by molar-refractivity contribution is -0.384. The highest BCUT2D eigenvalue weighted by Crippen LogP contribution is 2.25. The van der Waals surface area contributed by atoms with E-state index in [1.54, 1.807) is 23.5 Å². The predicted octanol–water partition coefficient (Wildman–Crippen LogP) is 3.22. The summed E-state index contributed by atoms with van der Waals surface area (Å²) in [5.74, 6) is 0. The Kier molecular flexibility index (Phi) is 4.24. The van der Waals surface area contributed by atoms with Crippen molar-refractivity contribution in [3.05, 3.63) is 45.5 Å². The first-order valence-electron chi connectivity index (χ1n) is 5.99. The molecule has 2 aromatic rings. The third-order valence-corrected chi connectivity index (χ3v) is 3.51. The predicted molar refractivity (Wildman–Crippen MR) is 76.2 cm³/mol. The lowest BCUT2D eigenvalue weighted by atomic mass is 10.2. The molecule has 0 aliphatic carbocycles. The molecule has 2 rings (SSSR count). The summed E-state index contributed by atoms with van der Waals surface area (Å²) in [6, 6.07) is 6.89. The quantitative estimate of drug-likeness (QED) is 0.673. The average molecular weight is 277 g/mol. The fourth-order valence-electron chi connectivity index (χ4n) is 1.56. The van der Waals surface area contributed by atoms with E-state index in [0.29, 0.717) is 6.04 Å². The van der Waals surface area contributed by atoms with Crippen LogP contribution in [0.5, 0.6) is 0 Å². The number of thiazole rings is 1. The molecule has 0 unspecified atom stereocenters. The maximum Gasteiger partial charge on any atom is 0.269 e. The van der Waals surface area contributed by atoms with Gasteiger partial charge in [0.1, 0.15) is 5.01 Å². The number of aromatic nitrogens is 1. The minimum absolute atomic E-state index is 0.0991. The molecule has 19 heavy (non-hydrogen) atoms. The van der Waals surface area contributed by atoms with Crippen LogP contribution in [0.25, 0.3) is 10.6 Å². The van der Waals surface area contributed by atoms with Crippen LogP contribution < -0.4 is 5.32 Å². The van der Waals surface area contributed by atoms with E-state index in [4.69, 9.17) is 0 Å². The minimum Gasteiger partial charge on any atom is -0.309 e. The molecule has 0 radical (unpaired) electrons. The Morgan fingerprint density at radius 1 is 1.37 bits per heavy atom. The van der Waals surface area contributed by atoms with Crippen molar-refractivity contribution in [3.63, 3.8) is 0 Å². The van der Waals surface area contributed by atoms with Crippen LogP contribution in [0, 0.1) is 10.1 Å². The van der Waals surface area contributed by atoms with E-state index in [9.17, 15) is 10.1 Å². The summed E-state index contributed by atoms with van der Waals surface area (Å²) in [5.41, 5.74) is 2.00. The molecule has 100 valence electrons. The molecule has 6 heteroatoms. The molecule has 1 aromatic carbocycles. The average Bonchev–Trinajstić information content (AvgIpc) is 2.85. The van der Waals surface area contributed by atoms with Gasteiger partial charge in [0.05, 0.1) is 10.6 Å². The molecule has 0 spiro atoms. The van der Waals surface area contributed by atoms with Crippen molar-refractivity contribution in [2.45, 2.75) is 26.4 Å². The molecule has 0 fully saturated rings. The van der Waals surface area contributed by atoms with Crippen molar-refractivity contribution in [1.29, 1.82) is 0 Å². The second-order valence-electron chi connectivity index (χ2n) is 4.48. The van der Waals surface area contributed by atoms with E-state index in [2.05, 4.69) is 24.1 Å². The molecule has 1 N–H and O–H groups in total. The monoisotopic (exact) mass is 277 g/mol. The Balaban J connectivity index is 2.11. The second-order valence-corrected chi connectivity index (χ2v) is 5.34. The molecular formula is C13H15N3O2S. The Hall–Kier alpha value is -1.79. The Morgan fingerprint density at radius 2 is 2.05 bits per heavy atom. The largest absolute Gasteiger partial charge is 0.309 e. The van der Waals surface area contributed by atoms with Crippen molar-refractivity contribution < 1.29 is 4.92 Å². The van der Waals surface area contributed by atoms with Gasteiger partial charge in [0.25, 0.3) is 5.69 Å². The molecule has 0 aliphatic rings. The number of nitro groups is 1. The summed E-state index contributed by atoms with van der Waals surface area (Å²) < 4.78 is 0. The number of nitrogens with zero attached hydrogens (tertiary/aromatic N) is 2. The summed E-state index contributed by atoms with van der Waals surface area (Å²) in [4.78, 5) is 14.7. The highest BCUT2D eigenvalue weighted by atomic mass is 32.1. The lowest BCUT2D eigenvalue weighted by Crippen LogP contribution is -2.21. The third-order valence-electron chi connectivity index (χ3n) is 2.57. The van der Waals surface area contributed by atoms with Gasteiger partial charge < -0.3 is 5.32 Å². The first kappa shape index (κ1) is 13.6. The number of hydrogen-bond donors (Lipinski definition) is 1. The molecule has 0 atom stereocenters. The Labute approximate surface area is 115 Å². The topological polar surface area (TPSA) is 68.1 Å². The normalized spacial score (nSPS) is 10.9. The summed E-state index contributed by atoms with van der Waals surface area (Å²) in [5, 5.41) is 16.8. The van der Waals surface area contributed by atoms with Crippen LogP contribution in [0.15, 0.2) is 29.6 Å². The highest BCUT2D eigenvalue weighted by Gasteiger charge is 2.08. The van der Waals surface area contributed by atoms with Gasteiger partial charge >= 0.3 is 0 Å². The van der Waals surface area contributed by atoms with Crippen molar-refractivity contribution >= 4 is 17.0 Å². The van der Waals surface area contributed by atoms with Gasteiger partial charge in [-0.25, -0.2) is 4.98 Å². The highest BCUT2D eigenvalue weighted by molar-refractivity contribution is 7.13. The molecular weight excluding hydrogens is 262 g/mol. The molecule has 0 aliphatic heterocycles. The molecule has 0 saturated carbocycles. The molecule has 0 saturated heterocycles. The molecule has 1 heterocycles. The van der Waals surface area contributed by atoms with Crippen molar-refractivity contribution in [1.82, 2.24) is 10.3 Å². The fraction of sp³-hybridized carbons (Fsp3) is 0.308. The first-order chi connectivity index (χ1) is 9.06. The summed E-state index contributed by atoms with van der Waals surface area (Å²) in [7, 11) is 0. The zero-order chi connectivity index (χ0) is 13.8. The Bertz CT molecular complexity index is 564. The molecule has 5 nitrogen and oxygen atoms in total. The maximum absolute atomic E-state index is 10.6. The number of nitrogens with one attached hydrogen (secondary N) is 1. The number of nitro benzene ring substituents is 1. The van der Waals surface area contributed by atoms with Gasteiger partial charge in [-0.15, -0.1) is 11.3 Å². The van der Waals surface area contributed by atoms with Gasteiger partial charge in [-0.3, -0.25) is 10.1 Å². The van der Waals surface area contributed by atoms with E-state index in [0.717, 1.165) is 22.8 Å². The van der Waals surface area contributed by atoms with Crippen LogP contribution in [0.2, 0.25) is 0 Å². The molecule has 0 amide bonds. The number of non-ortho nitro benzene ring substituents is 1. The number of rotatable bonds is 5. The lowest BCUT2D eigenvalue weighted by Gasteiger charge is -2.04. The number of benzene rings is 1. The van der Waals surface area contributed by atoms with Gasteiger partial charge in [0.15, 0.2) is 0 Å². The van der Waals surface area contributed by atoms with Crippen LogP contribution in [0.1, 0.15) is 19.5 Å². The van der Waals surface area contributed by atoms with Gasteiger partial charge in [-0.1, -0.05) is 13.8 Å². The maximum atomic E-state index is 10.6. The SMILES string of the molecule is CC(C)NCc1csc(-c2ccc([N+](=O)[O-])cc2)n1. The smallest absolute Gasteiger partial charge is 0.269 e. The van der Waals surface area contributed by atoms with Gasteiger partial charge in [-0.05, 0) is 12.1 Å². The third kappa shape index (κ3) is 3.59. The van der Waals surface area contributed by atoms with Crippen LogP contribution in [-0.2, 0) is 6.54 Å². The van der Waals surface area contributed by atoms with Crippen LogP contribution in [0.3, 0.4) is 0 Å². The molecule has 0 bridgehead atoms. The zero-order valence-corrected chi connectivity index (χ0v) is 11.6. The molecule has 1 aromatic heterocycles. The second kappa shape index (κ2) is 5.90. The summed E-state index contributed by atoms with van der Waals surface area (Å²) >= 11 is 1.55. The summed E-state index contributed by atoms with van der Waals surface area (Å²) in [6.07, 6.45) is 0. The van der Waals surface area contributed by atoms with Gasteiger partial charge in [0, 0.05) is 35.7 Å². The van der Waals surface area contributed by atoms with Crippen LogP contribution in [-0.4, -0.2) is 15.9 Å². The van der Waals surface area contributed by atoms with Gasteiger partial charge in [-0.2, -0.15) is 0 Å². The van der Waals surface area contributed by atoms with Crippen molar-refractivity contribution in [3.8, 4) is 10.6 Å². The van der Waals surface area contributed by atoms with Crippen LogP contribution in [0.4, 0.5) is 5.69 Å². The summed E-state index contributed by atoms with van der Waals surface area (Å²) in [6.45, 7) is 4.91. The van der Waals surface area contributed by atoms with Crippen molar-refractivity contribution in [2.75, 3.05) is 0 Å². The fourth-order valence-corrected chi connectivity index (χ4v) is 2.38. The Morgan fingerprint density at radius 3 is 2.63 bits per heavy atom. The number of hydrogen-bond acceptors (Lipinski definition) is 5. The van der Waals surface area contributed by atoms with E-state index < -0.39 is 4.92 Å². The minimum atomic E-state index is -0.399.